The normalized spacial score (nSPS) is 46.8. The highest BCUT2D eigenvalue weighted by Crippen LogP contribution is 2.64. The predicted molar refractivity (Wildman–Crippen MR) is 102 cm³/mol. The summed E-state index contributed by atoms with van der Waals surface area (Å²) in [6, 6.07) is 7.63. The van der Waals surface area contributed by atoms with Gasteiger partial charge in [0.25, 0.3) is 0 Å². The second-order valence-electron chi connectivity index (χ2n) is 9.01. The van der Waals surface area contributed by atoms with E-state index in [9.17, 15) is 13.8 Å². The van der Waals surface area contributed by atoms with Gasteiger partial charge in [0.05, 0.1) is 10.8 Å². The monoisotopic (exact) mass is 378 g/mol. The molecule has 3 nitrogen and oxygen atoms in total. The molecule has 0 saturated heterocycles. The zero-order valence-electron chi connectivity index (χ0n) is 15.2. The standard InChI is InChI=1S/C23H22O3S/c1-12-2-8-17(9-3-12)27(26)23-16-7-6-15(11-16)20(23)21(24)18-13-4-5-14(10-13)19(18)22(23)25/h2-9,13-16,18-20H,10-11H2,1H3/t13-,14+,15+,16-,18-,19+,20+,23-,27?/m0/s1. The minimum Gasteiger partial charge on any atom is -0.299 e. The van der Waals surface area contributed by atoms with Gasteiger partial charge in [-0.3, -0.25) is 13.8 Å². The zero-order valence-corrected chi connectivity index (χ0v) is 16.0. The highest BCUT2D eigenvalue weighted by Gasteiger charge is 2.73. The van der Waals surface area contributed by atoms with Crippen LogP contribution in [0, 0.1) is 48.3 Å². The highest BCUT2D eigenvalue weighted by atomic mass is 32.2. The Bertz CT molecular complexity index is 958. The molecule has 0 heterocycles. The molecule has 3 fully saturated rings. The van der Waals surface area contributed by atoms with Gasteiger partial charge in [0.15, 0.2) is 5.78 Å². The van der Waals surface area contributed by atoms with Crippen LogP contribution in [0.1, 0.15) is 18.4 Å². The summed E-state index contributed by atoms with van der Waals surface area (Å²) < 4.78 is 12.9. The summed E-state index contributed by atoms with van der Waals surface area (Å²) in [5.41, 5.74) is 1.10. The fourth-order valence-corrected chi connectivity index (χ4v) is 8.90. The molecule has 0 amide bonds. The topological polar surface area (TPSA) is 51.2 Å². The van der Waals surface area contributed by atoms with Crippen molar-refractivity contribution in [2.24, 2.45) is 41.4 Å². The van der Waals surface area contributed by atoms with Gasteiger partial charge in [-0.05, 0) is 49.7 Å². The summed E-state index contributed by atoms with van der Waals surface area (Å²) in [5, 5.41) is 0. The van der Waals surface area contributed by atoms with Crippen molar-refractivity contribution in [3.05, 3.63) is 54.1 Å². The first-order valence-corrected chi connectivity index (χ1v) is 11.1. The van der Waals surface area contributed by atoms with Crippen LogP contribution >= 0.6 is 0 Å². The summed E-state index contributed by atoms with van der Waals surface area (Å²) in [7, 11) is -1.51. The smallest absolute Gasteiger partial charge is 0.157 e. The summed E-state index contributed by atoms with van der Waals surface area (Å²) in [6.07, 6.45) is 10.2. The van der Waals surface area contributed by atoms with Crippen molar-refractivity contribution in [3.63, 3.8) is 0 Å². The van der Waals surface area contributed by atoms with Crippen LogP contribution in [0.25, 0.3) is 0 Å². The minimum atomic E-state index is -1.51. The van der Waals surface area contributed by atoms with Crippen LogP contribution < -0.4 is 0 Å². The largest absolute Gasteiger partial charge is 0.299 e. The third-order valence-corrected chi connectivity index (χ3v) is 9.95. The van der Waals surface area contributed by atoms with E-state index in [0.29, 0.717) is 4.90 Å². The lowest BCUT2D eigenvalue weighted by atomic mass is 9.60. The summed E-state index contributed by atoms with van der Waals surface area (Å²) >= 11 is 0. The first-order valence-electron chi connectivity index (χ1n) is 9.96. The number of ketones is 2. The number of aryl methyl sites for hydroxylation is 1. The van der Waals surface area contributed by atoms with Gasteiger partial charge in [-0.2, -0.15) is 0 Å². The third kappa shape index (κ3) is 1.76. The van der Waals surface area contributed by atoms with E-state index in [1.54, 1.807) is 0 Å². The van der Waals surface area contributed by atoms with Gasteiger partial charge < -0.3 is 0 Å². The van der Waals surface area contributed by atoms with E-state index < -0.39 is 21.5 Å². The molecule has 1 aromatic rings. The molecule has 1 unspecified atom stereocenters. The summed E-state index contributed by atoms with van der Waals surface area (Å²) in [5.74, 6) is -0.133. The zero-order chi connectivity index (χ0) is 18.5. The molecule has 3 saturated carbocycles. The molecule has 138 valence electrons. The van der Waals surface area contributed by atoms with E-state index in [2.05, 4.69) is 24.3 Å². The lowest BCUT2D eigenvalue weighted by Crippen LogP contribution is -2.64. The van der Waals surface area contributed by atoms with Gasteiger partial charge in [-0.25, -0.2) is 0 Å². The second kappa shape index (κ2) is 5.16. The first-order chi connectivity index (χ1) is 13.0. The highest BCUT2D eigenvalue weighted by molar-refractivity contribution is 7.87. The number of carbonyl (C=O) groups excluding carboxylic acids is 2. The Balaban J connectivity index is 1.54. The Kier molecular flexibility index (Phi) is 3.09. The van der Waals surface area contributed by atoms with E-state index in [4.69, 9.17) is 0 Å². The number of Topliss-reactive ketones (excluding diaryl/α,β-unsaturated/α-hetero) is 2. The van der Waals surface area contributed by atoms with Gasteiger partial charge in [0.1, 0.15) is 10.5 Å². The van der Waals surface area contributed by atoms with E-state index in [1.807, 2.05) is 31.2 Å². The lowest BCUT2D eigenvalue weighted by molar-refractivity contribution is -0.146. The van der Waals surface area contributed by atoms with Gasteiger partial charge in [-0.15, -0.1) is 0 Å². The quantitative estimate of drug-likeness (QED) is 0.743. The third-order valence-electron chi connectivity index (χ3n) is 7.88. The molecule has 9 atom stereocenters. The molecule has 0 aromatic heterocycles. The molecule has 0 aliphatic heterocycles. The Labute approximate surface area is 161 Å². The molecule has 0 spiro atoms. The van der Waals surface area contributed by atoms with Crippen LogP contribution in [0.3, 0.4) is 0 Å². The summed E-state index contributed by atoms with van der Waals surface area (Å²) in [6.45, 7) is 2.00. The molecule has 0 radical (unpaired) electrons. The molecule has 1 aromatic carbocycles. The number of hydrogen-bond donors (Lipinski definition) is 0. The SMILES string of the molecule is Cc1ccc(S(=O)[C@]23C(=O)[C@H]4[C@@H](C(=O)[C@H]2[C@@H]2C=C[C@H]3C2)[C@H]2C=C[C@@H]4C2)cc1. The molecular formula is C23H22O3S. The van der Waals surface area contributed by atoms with E-state index in [-0.39, 0.29) is 47.1 Å². The average Bonchev–Trinajstić information content (AvgIpc) is 3.45. The fraction of sp³-hybridized carbons (Fsp3) is 0.478. The van der Waals surface area contributed by atoms with Crippen molar-refractivity contribution in [1.82, 2.24) is 0 Å². The van der Waals surface area contributed by atoms with Crippen molar-refractivity contribution in [2.45, 2.75) is 29.4 Å². The Morgan fingerprint density at radius 3 is 2.30 bits per heavy atom. The summed E-state index contributed by atoms with van der Waals surface area (Å²) in [4.78, 5) is 28.3. The van der Waals surface area contributed by atoms with Crippen molar-refractivity contribution < 1.29 is 13.8 Å². The van der Waals surface area contributed by atoms with Crippen molar-refractivity contribution >= 4 is 22.4 Å². The first kappa shape index (κ1) is 16.2. The predicted octanol–water partition coefficient (Wildman–Crippen LogP) is 3.25. The van der Waals surface area contributed by atoms with Crippen LogP contribution in [0.4, 0.5) is 0 Å². The van der Waals surface area contributed by atoms with Gasteiger partial charge in [0.2, 0.25) is 0 Å². The Morgan fingerprint density at radius 2 is 1.56 bits per heavy atom. The maximum Gasteiger partial charge on any atom is 0.157 e. The van der Waals surface area contributed by atoms with Gasteiger partial charge >= 0.3 is 0 Å². The van der Waals surface area contributed by atoms with Crippen LogP contribution in [-0.2, 0) is 20.4 Å². The number of benzene rings is 1. The van der Waals surface area contributed by atoms with Crippen molar-refractivity contribution in [3.8, 4) is 0 Å². The molecule has 27 heavy (non-hydrogen) atoms. The molecule has 4 bridgehead atoms. The maximum absolute atomic E-state index is 14.0. The van der Waals surface area contributed by atoms with Crippen LogP contribution in [0.5, 0.6) is 0 Å². The maximum atomic E-state index is 14.0. The molecule has 4 heteroatoms. The van der Waals surface area contributed by atoms with Gasteiger partial charge in [0, 0.05) is 28.6 Å². The molecular weight excluding hydrogens is 356 g/mol. The number of rotatable bonds is 2. The molecule has 6 rings (SSSR count). The Hall–Kier alpha value is -1.81. The fourth-order valence-electron chi connectivity index (χ4n) is 6.84. The van der Waals surface area contributed by atoms with E-state index in [1.165, 1.54) is 0 Å². The van der Waals surface area contributed by atoms with Crippen LogP contribution in [-0.4, -0.2) is 20.5 Å². The van der Waals surface area contributed by atoms with Crippen molar-refractivity contribution in [2.75, 3.05) is 0 Å². The minimum absolute atomic E-state index is 0.0739. The van der Waals surface area contributed by atoms with Crippen molar-refractivity contribution in [1.29, 1.82) is 0 Å². The molecule has 5 aliphatic rings. The Morgan fingerprint density at radius 1 is 0.889 bits per heavy atom. The lowest BCUT2D eigenvalue weighted by Gasteiger charge is -2.48. The number of fused-ring (bicyclic) bond motifs is 10. The number of hydrogen-bond acceptors (Lipinski definition) is 3. The second-order valence-corrected chi connectivity index (χ2v) is 10.7. The van der Waals surface area contributed by atoms with Gasteiger partial charge in [-0.1, -0.05) is 42.0 Å². The van der Waals surface area contributed by atoms with Crippen LogP contribution in [0.2, 0.25) is 0 Å². The number of carbonyl (C=O) groups is 2. The number of allylic oxidation sites excluding steroid dienone is 4. The average molecular weight is 378 g/mol. The molecule has 5 aliphatic carbocycles. The van der Waals surface area contributed by atoms with E-state index >= 15 is 0 Å². The molecule has 0 N–H and O–H groups in total. The van der Waals surface area contributed by atoms with Crippen LogP contribution in [0.15, 0.2) is 53.5 Å². The van der Waals surface area contributed by atoms with E-state index in [0.717, 1.165) is 18.4 Å².